The SMILES string of the molecule is CC[C@@H]1C(=O)N(C)c2cnc(Nc3cc(N4CCN(C)CC4)ccc3O)nc2N1C1CCCC1. The predicted octanol–water partition coefficient (Wildman–Crippen LogP) is 3.18. The van der Waals surface area contributed by atoms with Gasteiger partial charge >= 0.3 is 0 Å². The number of aromatic nitrogens is 2. The molecule has 0 bridgehead atoms. The lowest BCUT2D eigenvalue weighted by atomic mass is 10.0. The molecule has 1 aliphatic carbocycles. The first-order chi connectivity index (χ1) is 16.5. The van der Waals surface area contributed by atoms with E-state index < -0.39 is 0 Å². The van der Waals surface area contributed by atoms with E-state index in [0.717, 1.165) is 62.6 Å². The van der Waals surface area contributed by atoms with Crippen LogP contribution in [0, 0.1) is 0 Å². The third-order valence-corrected chi connectivity index (χ3v) is 7.51. The molecule has 1 amide bonds. The molecule has 0 unspecified atom stereocenters. The monoisotopic (exact) mass is 465 g/mol. The molecule has 1 atom stereocenters. The average Bonchev–Trinajstić information content (AvgIpc) is 3.37. The number of carbonyl (C=O) groups excluding carboxylic acids is 1. The van der Waals surface area contributed by atoms with Crippen LogP contribution in [0.15, 0.2) is 24.4 Å². The fraction of sp³-hybridized carbons (Fsp3) is 0.560. The molecule has 182 valence electrons. The minimum atomic E-state index is -0.211. The van der Waals surface area contributed by atoms with E-state index in [9.17, 15) is 9.90 Å². The van der Waals surface area contributed by atoms with Crippen LogP contribution in [0.3, 0.4) is 0 Å². The number of aromatic hydroxyl groups is 1. The summed E-state index contributed by atoms with van der Waals surface area (Å²) in [7, 11) is 3.94. The molecule has 3 heterocycles. The third kappa shape index (κ3) is 4.13. The molecule has 2 N–H and O–H groups in total. The second-order valence-corrected chi connectivity index (χ2v) is 9.69. The largest absolute Gasteiger partial charge is 0.506 e. The summed E-state index contributed by atoms with van der Waals surface area (Å²) in [6.45, 7) is 5.99. The summed E-state index contributed by atoms with van der Waals surface area (Å²) >= 11 is 0. The van der Waals surface area contributed by atoms with Crippen LogP contribution in [0.25, 0.3) is 0 Å². The highest BCUT2D eigenvalue weighted by Gasteiger charge is 2.41. The van der Waals surface area contributed by atoms with E-state index in [4.69, 9.17) is 4.98 Å². The lowest BCUT2D eigenvalue weighted by Gasteiger charge is -2.43. The Morgan fingerprint density at radius 2 is 1.85 bits per heavy atom. The Kier molecular flexibility index (Phi) is 6.20. The van der Waals surface area contributed by atoms with Crippen molar-refractivity contribution in [1.29, 1.82) is 0 Å². The molecular weight excluding hydrogens is 430 g/mol. The van der Waals surface area contributed by atoms with Crippen molar-refractivity contribution in [1.82, 2.24) is 14.9 Å². The number of amides is 1. The number of carbonyl (C=O) groups is 1. The Morgan fingerprint density at radius 3 is 2.56 bits per heavy atom. The smallest absolute Gasteiger partial charge is 0.249 e. The van der Waals surface area contributed by atoms with Gasteiger partial charge < -0.3 is 30.0 Å². The molecule has 1 saturated carbocycles. The number of likely N-dealkylation sites (N-methyl/N-ethyl adjacent to an activating group) is 2. The number of nitrogens with zero attached hydrogens (tertiary/aromatic N) is 6. The van der Waals surface area contributed by atoms with E-state index in [-0.39, 0.29) is 17.7 Å². The van der Waals surface area contributed by atoms with Gasteiger partial charge in [-0.25, -0.2) is 4.98 Å². The molecule has 34 heavy (non-hydrogen) atoms. The van der Waals surface area contributed by atoms with Gasteiger partial charge in [0.15, 0.2) is 5.82 Å². The Bertz CT molecular complexity index is 1050. The highest BCUT2D eigenvalue weighted by Crippen LogP contribution is 2.40. The van der Waals surface area contributed by atoms with Gasteiger partial charge in [-0.2, -0.15) is 4.98 Å². The van der Waals surface area contributed by atoms with Crippen LogP contribution < -0.4 is 20.0 Å². The summed E-state index contributed by atoms with van der Waals surface area (Å²) in [5.41, 5.74) is 2.38. The summed E-state index contributed by atoms with van der Waals surface area (Å²) in [6.07, 6.45) is 6.97. The summed E-state index contributed by atoms with van der Waals surface area (Å²) in [5, 5.41) is 13.8. The molecule has 1 aromatic heterocycles. The summed E-state index contributed by atoms with van der Waals surface area (Å²) in [4.78, 5) is 31.0. The molecule has 0 radical (unpaired) electrons. The molecule has 1 saturated heterocycles. The fourth-order valence-corrected chi connectivity index (χ4v) is 5.45. The van der Waals surface area contributed by atoms with E-state index in [1.54, 1.807) is 24.2 Å². The number of anilines is 5. The zero-order chi connectivity index (χ0) is 23.8. The van der Waals surface area contributed by atoms with Crippen LogP contribution >= 0.6 is 0 Å². The minimum Gasteiger partial charge on any atom is -0.506 e. The normalized spacial score (nSPS) is 21.8. The number of hydrogen-bond donors (Lipinski definition) is 2. The van der Waals surface area contributed by atoms with Crippen LogP contribution in [0.5, 0.6) is 5.75 Å². The lowest BCUT2D eigenvalue weighted by Crippen LogP contribution is -2.55. The van der Waals surface area contributed by atoms with Crippen LogP contribution in [0.1, 0.15) is 39.0 Å². The number of piperazine rings is 1. The second kappa shape index (κ2) is 9.29. The third-order valence-electron chi connectivity index (χ3n) is 7.51. The molecule has 3 aliphatic rings. The topological polar surface area (TPSA) is 88.1 Å². The Balaban J connectivity index is 1.46. The molecule has 5 rings (SSSR count). The van der Waals surface area contributed by atoms with Gasteiger partial charge in [0, 0.05) is 45.0 Å². The Labute approximate surface area is 201 Å². The number of benzene rings is 1. The molecular formula is C25H35N7O2. The van der Waals surface area contributed by atoms with Crippen molar-refractivity contribution in [2.24, 2.45) is 0 Å². The Hall–Kier alpha value is -3.07. The zero-order valence-electron chi connectivity index (χ0n) is 20.4. The number of fused-ring (bicyclic) bond motifs is 1. The number of nitrogens with one attached hydrogen (secondary N) is 1. The van der Waals surface area contributed by atoms with Crippen LogP contribution in [-0.4, -0.2) is 78.2 Å². The molecule has 2 aliphatic heterocycles. The summed E-state index contributed by atoms with van der Waals surface area (Å²) in [6, 6.07) is 5.74. The standard InChI is InChI=1S/C25H35N7O2/c1-4-20-24(34)30(3)21-16-26-25(28-23(21)32(20)17-7-5-6-8-17)27-19-15-18(9-10-22(19)33)31-13-11-29(2)12-14-31/h9-10,15-17,20,33H,4-8,11-14H2,1-3H3,(H,26,27,28)/t20-/m1/s1. The van der Waals surface area contributed by atoms with Crippen molar-refractivity contribution in [3.63, 3.8) is 0 Å². The van der Waals surface area contributed by atoms with Crippen molar-refractivity contribution < 1.29 is 9.90 Å². The van der Waals surface area contributed by atoms with Gasteiger partial charge in [-0.05, 0) is 44.5 Å². The van der Waals surface area contributed by atoms with Gasteiger partial charge in [-0.15, -0.1) is 0 Å². The van der Waals surface area contributed by atoms with Crippen LogP contribution in [0.4, 0.5) is 28.8 Å². The highest BCUT2D eigenvalue weighted by atomic mass is 16.3. The second-order valence-electron chi connectivity index (χ2n) is 9.69. The molecule has 0 spiro atoms. The van der Waals surface area contributed by atoms with Gasteiger partial charge in [0.2, 0.25) is 11.9 Å². The number of rotatable bonds is 5. The number of phenolic OH excluding ortho intramolecular Hbond substituents is 1. The van der Waals surface area contributed by atoms with Gasteiger partial charge in [0.05, 0.1) is 11.9 Å². The van der Waals surface area contributed by atoms with Gasteiger partial charge in [-0.3, -0.25) is 4.79 Å². The van der Waals surface area contributed by atoms with Gasteiger partial charge in [0.25, 0.3) is 0 Å². The molecule has 1 aromatic carbocycles. The molecule has 2 aromatic rings. The van der Waals surface area contributed by atoms with Crippen LogP contribution in [0.2, 0.25) is 0 Å². The van der Waals surface area contributed by atoms with E-state index >= 15 is 0 Å². The van der Waals surface area contributed by atoms with E-state index in [1.807, 2.05) is 12.1 Å². The van der Waals surface area contributed by atoms with Crippen molar-refractivity contribution in [3.8, 4) is 5.75 Å². The lowest BCUT2D eigenvalue weighted by molar-refractivity contribution is -0.120. The summed E-state index contributed by atoms with van der Waals surface area (Å²) < 4.78 is 0. The van der Waals surface area contributed by atoms with Crippen molar-refractivity contribution in [2.75, 3.05) is 60.3 Å². The highest BCUT2D eigenvalue weighted by molar-refractivity contribution is 6.04. The van der Waals surface area contributed by atoms with Gasteiger partial charge in [0.1, 0.15) is 17.5 Å². The maximum atomic E-state index is 13.1. The van der Waals surface area contributed by atoms with Crippen molar-refractivity contribution >= 4 is 34.7 Å². The fourth-order valence-electron chi connectivity index (χ4n) is 5.45. The van der Waals surface area contributed by atoms with Gasteiger partial charge in [-0.1, -0.05) is 19.8 Å². The number of hydrogen-bond acceptors (Lipinski definition) is 8. The quantitative estimate of drug-likeness (QED) is 0.651. The molecule has 9 heteroatoms. The first-order valence-electron chi connectivity index (χ1n) is 12.4. The van der Waals surface area contributed by atoms with E-state index in [0.29, 0.717) is 17.7 Å². The maximum absolute atomic E-state index is 13.1. The predicted molar refractivity (Wildman–Crippen MR) is 135 cm³/mol. The molecule has 2 fully saturated rings. The zero-order valence-corrected chi connectivity index (χ0v) is 20.4. The van der Waals surface area contributed by atoms with Crippen molar-refractivity contribution in [3.05, 3.63) is 24.4 Å². The van der Waals surface area contributed by atoms with Crippen LogP contribution in [-0.2, 0) is 4.79 Å². The van der Waals surface area contributed by atoms with Crippen molar-refractivity contribution in [2.45, 2.75) is 51.1 Å². The average molecular weight is 466 g/mol. The van der Waals surface area contributed by atoms with E-state index in [1.165, 1.54) is 12.8 Å². The Morgan fingerprint density at radius 1 is 1.12 bits per heavy atom. The number of phenols is 1. The van der Waals surface area contributed by atoms with E-state index in [2.05, 4.69) is 39.0 Å². The molecule has 9 nitrogen and oxygen atoms in total. The minimum absolute atomic E-state index is 0.101. The summed E-state index contributed by atoms with van der Waals surface area (Å²) in [5.74, 6) is 1.48. The maximum Gasteiger partial charge on any atom is 0.249 e. The first-order valence-corrected chi connectivity index (χ1v) is 12.4. The first kappa shape index (κ1) is 22.7.